The number of fused-ring (bicyclic) bond motifs is 5. The van der Waals surface area contributed by atoms with Crippen molar-refractivity contribution < 1.29 is 34.2 Å². The second-order valence-electron chi connectivity index (χ2n) is 10.9. The molecule has 3 aromatic rings. The van der Waals surface area contributed by atoms with Crippen molar-refractivity contribution >= 4 is 29.5 Å². The number of ether oxygens (including phenoxy) is 1. The van der Waals surface area contributed by atoms with Gasteiger partial charge in [0.1, 0.15) is 11.3 Å². The minimum absolute atomic E-state index is 0.0183. The van der Waals surface area contributed by atoms with E-state index in [-0.39, 0.29) is 27.8 Å². The first-order chi connectivity index (χ1) is 16.5. The number of aromatic hydroxyl groups is 2. The summed E-state index contributed by atoms with van der Waals surface area (Å²) in [5.74, 6) is -0.883. The van der Waals surface area contributed by atoms with Crippen molar-refractivity contribution in [2.75, 3.05) is 0 Å². The van der Waals surface area contributed by atoms with Crippen LogP contribution in [0.1, 0.15) is 80.7 Å². The average molecular weight is 478 g/mol. The predicted octanol–water partition coefficient (Wildman–Crippen LogP) is 4.30. The van der Waals surface area contributed by atoms with E-state index in [4.69, 9.17) is 9.15 Å². The van der Waals surface area contributed by atoms with Crippen LogP contribution in [0.5, 0.6) is 11.5 Å². The molecule has 2 aliphatic carbocycles. The monoisotopic (exact) mass is 478 g/mol. The molecule has 1 saturated carbocycles. The molecule has 0 amide bonds. The van der Waals surface area contributed by atoms with Gasteiger partial charge in [0.2, 0.25) is 0 Å². The topological polar surface area (TPSA) is 120 Å². The van der Waals surface area contributed by atoms with Gasteiger partial charge in [-0.3, -0.25) is 0 Å². The molecule has 0 aliphatic heterocycles. The number of furan rings is 1. The van der Waals surface area contributed by atoms with Gasteiger partial charge in [-0.2, -0.15) is 0 Å². The Morgan fingerprint density at radius 2 is 1.80 bits per heavy atom. The Morgan fingerprint density at radius 1 is 1.09 bits per heavy atom. The van der Waals surface area contributed by atoms with E-state index in [0.717, 1.165) is 31.2 Å². The van der Waals surface area contributed by atoms with Crippen LogP contribution in [0.3, 0.4) is 0 Å². The van der Waals surface area contributed by atoms with E-state index >= 15 is 0 Å². The maximum absolute atomic E-state index is 13.0. The molecule has 1 heterocycles. The molecule has 0 spiro atoms. The first-order valence-corrected chi connectivity index (χ1v) is 12.2. The van der Waals surface area contributed by atoms with Crippen LogP contribution in [-0.2, 0) is 10.2 Å². The summed E-state index contributed by atoms with van der Waals surface area (Å²) in [4.78, 5) is 13.0. The van der Waals surface area contributed by atoms with Crippen LogP contribution < -0.4 is 5.46 Å². The molecule has 1 unspecified atom stereocenters. The van der Waals surface area contributed by atoms with Crippen LogP contribution in [0.25, 0.3) is 11.0 Å². The van der Waals surface area contributed by atoms with Crippen molar-refractivity contribution in [3.63, 3.8) is 0 Å². The van der Waals surface area contributed by atoms with Gasteiger partial charge in [0.05, 0.1) is 11.0 Å². The van der Waals surface area contributed by atoms with Crippen molar-refractivity contribution in [3.8, 4) is 11.5 Å². The summed E-state index contributed by atoms with van der Waals surface area (Å²) in [7, 11) is -2.06. The standard InChI is InChI=1S/C27H31BO7/c1-26(2)12-7-13-27(3)19(26)11-10-18(34-25(31)15-8-5-4-6-9-15)24-20(27)16-14-17(29)22(30)21(28(32)33)23(16)35-24/h4-6,8-9,14,18-19,29-30,32-33H,7,10-13H2,1-3H3/t18?,19-,27-/m1/s1. The van der Waals surface area contributed by atoms with E-state index in [1.807, 2.05) is 6.07 Å². The SMILES string of the molecule is CC1(C)CCC[C@@]2(C)c3c(oc4c(B(O)O)c(O)c(O)cc34)C(OC(=O)c3ccccc3)CC[C@H]12. The molecule has 2 aromatic carbocycles. The molecule has 8 heteroatoms. The van der Waals surface area contributed by atoms with E-state index in [0.29, 0.717) is 23.1 Å². The number of phenols is 2. The molecule has 1 aromatic heterocycles. The van der Waals surface area contributed by atoms with Crippen LogP contribution in [0.15, 0.2) is 40.8 Å². The third-order valence-electron chi connectivity index (χ3n) is 8.32. The van der Waals surface area contributed by atoms with Gasteiger partial charge in [-0.25, -0.2) is 4.79 Å². The number of carbonyl (C=O) groups excluding carboxylic acids is 1. The molecular formula is C27H31BO7. The summed E-state index contributed by atoms with van der Waals surface area (Å²) in [6.45, 7) is 6.71. The molecule has 35 heavy (non-hydrogen) atoms. The highest BCUT2D eigenvalue weighted by Gasteiger charge is 2.53. The van der Waals surface area contributed by atoms with Gasteiger partial charge < -0.3 is 29.4 Å². The number of rotatable bonds is 3. The number of hydrogen-bond donors (Lipinski definition) is 4. The van der Waals surface area contributed by atoms with Crippen molar-refractivity contribution in [2.45, 2.75) is 64.4 Å². The van der Waals surface area contributed by atoms with Crippen molar-refractivity contribution in [2.24, 2.45) is 11.3 Å². The molecule has 184 valence electrons. The number of hydrogen-bond acceptors (Lipinski definition) is 7. The van der Waals surface area contributed by atoms with Gasteiger partial charge in [0.15, 0.2) is 17.6 Å². The Bertz CT molecular complexity index is 1280. The molecule has 3 atom stereocenters. The number of esters is 1. The maximum Gasteiger partial charge on any atom is 0.496 e. The molecule has 0 saturated heterocycles. The van der Waals surface area contributed by atoms with E-state index in [1.165, 1.54) is 6.07 Å². The van der Waals surface area contributed by atoms with Gasteiger partial charge in [-0.1, -0.05) is 45.4 Å². The minimum Gasteiger partial charge on any atom is -0.504 e. The summed E-state index contributed by atoms with van der Waals surface area (Å²) in [6, 6.07) is 10.2. The lowest BCUT2D eigenvalue weighted by Crippen LogP contribution is -2.44. The van der Waals surface area contributed by atoms with Crippen molar-refractivity contribution in [1.82, 2.24) is 0 Å². The minimum atomic E-state index is -2.06. The third-order valence-corrected chi connectivity index (χ3v) is 8.32. The number of phenolic OH excluding ortho intramolecular Hbond substituents is 2. The fourth-order valence-electron chi connectivity index (χ4n) is 6.77. The van der Waals surface area contributed by atoms with Crippen LogP contribution in [0.2, 0.25) is 0 Å². The summed E-state index contributed by atoms with van der Waals surface area (Å²) >= 11 is 0. The largest absolute Gasteiger partial charge is 0.504 e. The average Bonchev–Trinajstić information content (AvgIpc) is 3.11. The Balaban J connectivity index is 1.74. The van der Waals surface area contributed by atoms with Gasteiger partial charge in [-0.15, -0.1) is 0 Å². The highest BCUT2D eigenvalue weighted by atomic mass is 16.6. The maximum atomic E-state index is 13.0. The lowest BCUT2D eigenvalue weighted by atomic mass is 9.53. The molecule has 5 rings (SSSR count). The predicted molar refractivity (Wildman–Crippen MR) is 132 cm³/mol. The van der Waals surface area contributed by atoms with E-state index in [9.17, 15) is 25.1 Å². The third kappa shape index (κ3) is 3.70. The number of benzene rings is 2. The van der Waals surface area contributed by atoms with Gasteiger partial charge >= 0.3 is 13.1 Å². The van der Waals surface area contributed by atoms with E-state index in [2.05, 4.69) is 20.8 Å². The van der Waals surface area contributed by atoms with Gasteiger partial charge in [0.25, 0.3) is 0 Å². The van der Waals surface area contributed by atoms with Crippen LogP contribution >= 0.6 is 0 Å². The highest BCUT2D eigenvalue weighted by Crippen LogP contribution is 2.60. The fourth-order valence-corrected chi connectivity index (χ4v) is 6.77. The summed E-state index contributed by atoms with van der Waals surface area (Å²) < 4.78 is 12.3. The fraction of sp³-hybridized carbons (Fsp3) is 0.444. The zero-order chi connectivity index (χ0) is 25.1. The normalized spacial score (nSPS) is 25.4. The lowest BCUT2D eigenvalue weighted by molar-refractivity contribution is 0.0164. The number of carbonyl (C=O) groups is 1. The zero-order valence-corrected chi connectivity index (χ0v) is 20.2. The quantitative estimate of drug-likeness (QED) is 0.252. The van der Waals surface area contributed by atoms with Crippen molar-refractivity contribution in [3.05, 3.63) is 53.3 Å². The van der Waals surface area contributed by atoms with Crippen molar-refractivity contribution in [1.29, 1.82) is 0 Å². The molecule has 0 bridgehead atoms. The first-order valence-electron chi connectivity index (χ1n) is 12.2. The Hall–Kier alpha value is -2.97. The second kappa shape index (κ2) is 8.31. The molecule has 0 radical (unpaired) electrons. The van der Waals surface area contributed by atoms with Gasteiger partial charge in [-0.05, 0) is 55.2 Å². The molecule has 7 nitrogen and oxygen atoms in total. The van der Waals surface area contributed by atoms with E-state index < -0.39 is 30.7 Å². The molecule has 4 N–H and O–H groups in total. The smallest absolute Gasteiger partial charge is 0.496 e. The van der Waals surface area contributed by atoms with Crippen LogP contribution in [0, 0.1) is 11.3 Å². The summed E-state index contributed by atoms with van der Waals surface area (Å²) in [6.07, 6.45) is 3.61. The Kier molecular flexibility index (Phi) is 5.64. The first kappa shape index (κ1) is 23.8. The molecular weight excluding hydrogens is 447 g/mol. The molecule has 2 aliphatic rings. The van der Waals surface area contributed by atoms with Crippen LogP contribution in [-0.4, -0.2) is 33.3 Å². The van der Waals surface area contributed by atoms with E-state index in [1.54, 1.807) is 24.3 Å². The second-order valence-corrected chi connectivity index (χ2v) is 10.9. The Labute approximate surface area is 204 Å². The highest BCUT2D eigenvalue weighted by molar-refractivity contribution is 6.63. The van der Waals surface area contributed by atoms with Gasteiger partial charge in [0, 0.05) is 16.4 Å². The lowest BCUT2D eigenvalue weighted by Gasteiger charge is -2.50. The Morgan fingerprint density at radius 3 is 2.49 bits per heavy atom. The zero-order valence-electron chi connectivity index (χ0n) is 20.2. The summed E-state index contributed by atoms with van der Waals surface area (Å²) in [5.41, 5.74) is 0.690. The van der Waals surface area contributed by atoms with Crippen LogP contribution in [0.4, 0.5) is 0 Å². The summed E-state index contributed by atoms with van der Waals surface area (Å²) in [5, 5.41) is 41.4. The molecule has 1 fully saturated rings.